The van der Waals surface area contributed by atoms with E-state index < -0.39 is 17.8 Å². The van der Waals surface area contributed by atoms with Gasteiger partial charge in [-0.3, -0.25) is 4.79 Å². The van der Waals surface area contributed by atoms with Crippen molar-refractivity contribution in [3.63, 3.8) is 0 Å². The molecule has 2 fully saturated rings. The van der Waals surface area contributed by atoms with Gasteiger partial charge in [-0.25, -0.2) is 4.79 Å². The van der Waals surface area contributed by atoms with Crippen molar-refractivity contribution in [1.29, 1.82) is 0 Å². The number of aryl methyl sites for hydroxylation is 1. The molecule has 0 unspecified atom stereocenters. The van der Waals surface area contributed by atoms with Gasteiger partial charge in [0, 0.05) is 17.8 Å². The molecule has 29 heavy (non-hydrogen) atoms. The third kappa shape index (κ3) is 4.08. The topological polar surface area (TPSA) is 63.6 Å². The molecule has 6 nitrogen and oxygen atoms in total. The normalized spacial score (nSPS) is 17.0. The molecule has 1 saturated heterocycles. The number of hydrogen-bond acceptors (Lipinski definition) is 3. The van der Waals surface area contributed by atoms with E-state index in [1.807, 2.05) is 6.92 Å². The lowest BCUT2D eigenvalue weighted by atomic mass is 10.1. The Balaban J connectivity index is 1.35. The van der Waals surface area contributed by atoms with E-state index in [1.54, 1.807) is 10.6 Å². The highest BCUT2D eigenvalue weighted by molar-refractivity contribution is 5.90. The number of alkyl halides is 3. The molecule has 2 amide bonds. The Hall–Kier alpha value is -2.97. The molecule has 1 aliphatic heterocycles. The number of likely N-dealkylation sites (tertiary alicyclic amines) is 1. The van der Waals surface area contributed by atoms with Crippen LogP contribution in [0.4, 0.5) is 23.7 Å². The highest BCUT2D eigenvalue weighted by Gasteiger charge is 2.36. The van der Waals surface area contributed by atoms with Crippen LogP contribution >= 0.6 is 0 Å². The number of ether oxygens (including phenoxy) is 1. The second kappa shape index (κ2) is 7.13. The molecule has 154 valence electrons. The van der Waals surface area contributed by atoms with E-state index in [0.29, 0.717) is 5.75 Å². The number of nitrogens with one attached hydrogen (secondary N) is 1. The van der Waals surface area contributed by atoms with Gasteiger partial charge in [0.2, 0.25) is 0 Å². The lowest BCUT2D eigenvalue weighted by Crippen LogP contribution is -2.57. The maximum absolute atomic E-state index is 13.0. The number of urea groups is 1. The number of rotatable bonds is 4. The summed E-state index contributed by atoms with van der Waals surface area (Å²) < 4.78 is 46.6. The Bertz CT molecular complexity index is 992. The molecule has 1 N–H and O–H groups in total. The average Bonchev–Trinajstić information content (AvgIpc) is 3.41. The van der Waals surface area contributed by atoms with Crippen molar-refractivity contribution < 1.29 is 22.7 Å². The first-order valence-electron chi connectivity index (χ1n) is 9.34. The number of anilines is 1. The lowest BCUT2D eigenvalue weighted by molar-refractivity contribution is -0.136. The van der Waals surface area contributed by atoms with E-state index in [-0.39, 0.29) is 36.5 Å². The van der Waals surface area contributed by atoms with Gasteiger partial charge in [-0.05, 0) is 38.0 Å². The van der Waals surface area contributed by atoms with Gasteiger partial charge in [-0.1, -0.05) is 12.1 Å². The van der Waals surface area contributed by atoms with Crippen LogP contribution in [0.15, 0.2) is 41.2 Å². The van der Waals surface area contributed by atoms with Gasteiger partial charge in [-0.2, -0.15) is 13.2 Å². The van der Waals surface area contributed by atoms with E-state index in [1.165, 1.54) is 29.2 Å². The Kier molecular flexibility index (Phi) is 4.76. The van der Waals surface area contributed by atoms with Crippen LogP contribution < -0.4 is 15.6 Å². The summed E-state index contributed by atoms with van der Waals surface area (Å²) >= 11 is 0. The van der Waals surface area contributed by atoms with Crippen molar-refractivity contribution in [2.75, 3.05) is 18.4 Å². The summed E-state index contributed by atoms with van der Waals surface area (Å²) in [7, 11) is 0. The smallest absolute Gasteiger partial charge is 0.418 e. The SMILES string of the molecule is Cc1cc(OC2CN(C(=O)Nc3ccccc3C(F)(F)F)C2)cc(=O)n1C1CC1. The lowest BCUT2D eigenvalue weighted by Gasteiger charge is -2.39. The second-order valence-corrected chi connectivity index (χ2v) is 7.39. The molecular formula is C20H20F3N3O3. The molecule has 9 heteroatoms. The van der Waals surface area contributed by atoms with Crippen molar-refractivity contribution in [3.05, 3.63) is 58.0 Å². The summed E-state index contributed by atoms with van der Waals surface area (Å²) in [5, 5.41) is 2.31. The van der Waals surface area contributed by atoms with E-state index in [0.717, 1.165) is 24.6 Å². The van der Waals surface area contributed by atoms with E-state index in [9.17, 15) is 22.8 Å². The van der Waals surface area contributed by atoms with Crippen LogP contribution in [0.1, 0.15) is 30.1 Å². The summed E-state index contributed by atoms with van der Waals surface area (Å²) in [6, 6.07) is 7.72. The second-order valence-electron chi connectivity index (χ2n) is 7.39. The summed E-state index contributed by atoms with van der Waals surface area (Å²) in [4.78, 5) is 25.8. The van der Waals surface area contributed by atoms with Crippen LogP contribution in [0.3, 0.4) is 0 Å². The van der Waals surface area contributed by atoms with Gasteiger partial charge in [0.25, 0.3) is 5.56 Å². The minimum Gasteiger partial charge on any atom is -0.486 e. The van der Waals surface area contributed by atoms with Crippen molar-refractivity contribution in [1.82, 2.24) is 9.47 Å². The van der Waals surface area contributed by atoms with Gasteiger partial charge >= 0.3 is 12.2 Å². The monoisotopic (exact) mass is 407 g/mol. The summed E-state index contributed by atoms with van der Waals surface area (Å²) in [5.41, 5.74) is -0.463. The van der Waals surface area contributed by atoms with Gasteiger partial charge in [-0.15, -0.1) is 0 Å². The number of amides is 2. The molecular weight excluding hydrogens is 387 g/mol. The molecule has 0 bridgehead atoms. The maximum atomic E-state index is 13.0. The van der Waals surface area contributed by atoms with E-state index >= 15 is 0 Å². The van der Waals surface area contributed by atoms with Crippen molar-refractivity contribution >= 4 is 11.7 Å². The predicted molar refractivity (Wildman–Crippen MR) is 100 cm³/mol. The number of halogens is 3. The van der Waals surface area contributed by atoms with Crippen molar-refractivity contribution in [2.45, 2.75) is 38.1 Å². The summed E-state index contributed by atoms with van der Waals surface area (Å²) in [6.45, 7) is 2.31. The number of nitrogens with zero attached hydrogens (tertiary/aromatic N) is 2. The third-order valence-corrected chi connectivity index (χ3v) is 5.06. The molecule has 1 saturated carbocycles. The Morgan fingerprint density at radius 3 is 2.48 bits per heavy atom. The standard InChI is InChI=1S/C20H20F3N3O3/c1-12-8-14(9-18(27)26(12)13-6-7-13)29-15-10-25(11-15)19(28)24-17-5-3-2-4-16(17)20(21,22)23/h2-5,8-9,13,15H,6-7,10-11H2,1H3,(H,24,28). The molecule has 0 atom stereocenters. The first-order chi connectivity index (χ1) is 13.7. The van der Waals surface area contributed by atoms with Gasteiger partial charge < -0.3 is 19.5 Å². The van der Waals surface area contributed by atoms with Crippen LogP contribution in [-0.2, 0) is 6.18 Å². The molecule has 2 aromatic rings. The quantitative estimate of drug-likeness (QED) is 0.839. The van der Waals surface area contributed by atoms with E-state index in [2.05, 4.69) is 5.32 Å². The zero-order chi connectivity index (χ0) is 20.8. The number of carbonyl (C=O) groups is 1. The summed E-state index contributed by atoms with van der Waals surface area (Å²) in [5.74, 6) is 0.442. The van der Waals surface area contributed by atoms with Crippen LogP contribution in [-0.4, -0.2) is 34.7 Å². The number of pyridine rings is 1. The van der Waals surface area contributed by atoms with Crippen molar-refractivity contribution in [3.8, 4) is 5.75 Å². The largest absolute Gasteiger partial charge is 0.486 e. The van der Waals surface area contributed by atoms with Crippen LogP contribution in [0.2, 0.25) is 0 Å². The maximum Gasteiger partial charge on any atom is 0.418 e. The van der Waals surface area contributed by atoms with Gasteiger partial charge in [0.05, 0.1) is 24.3 Å². The number of para-hydroxylation sites is 1. The molecule has 4 rings (SSSR count). The molecule has 2 heterocycles. The number of benzene rings is 1. The minimum atomic E-state index is -4.55. The zero-order valence-electron chi connectivity index (χ0n) is 15.7. The number of aromatic nitrogens is 1. The first kappa shape index (κ1) is 19.4. The predicted octanol–water partition coefficient (Wildman–Crippen LogP) is 3.81. The third-order valence-electron chi connectivity index (χ3n) is 5.06. The van der Waals surface area contributed by atoms with Gasteiger partial charge in [0.15, 0.2) is 0 Å². The highest BCUT2D eigenvalue weighted by atomic mass is 19.4. The molecule has 0 radical (unpaired) electrons. The molecule has 1 aliphatic carbocycles. The van der Waals surface area contributed by atoms with Gasteiger partial charge in [0.1, 0.15) is 11.9 Å². The zero-order valence-corrected chi connectivity index (χ0v) is 15.7. The molecule has 1 aromatic heterocycles. The number of hydrogen-bond donors (Lipinski definition) is 1. The first-order valence-corrected chi connectivity index (χ1v) is 9.34. The van der Waals surface area contributed by atoms with Crippen LogP contribution in [0.5, 0.6) is 5.75 Å². The highest BCUT2D eigenvalue weighted by Crippen LogP contribution is 2.36. The number of carbonyl (C=O) groups excluding carboxylic acids is 1. The molecule has 1 aromatic carbocycles. The molecule has 0 spiro atoms. The Labute approximate surface area is 164 Å². The fourth-order valence-electron chi connectivity index (χ4n) is 3.46. The van der Waals surface area contributed by atoms with Crippen LogP contribution in [0.25, 0.3) is 0 Å². The van der Waals surface area contributed by atoms with E-state index in [4.69, 9.17) is 4.74 Å². The Morgan fingerprint density at radius 2 is 1.86 bits per heavy atom. The minimum absolute atomic E-state index is 0.111. The average molecular weight is 407 g/mol. The fourth-order valence-corrected chi connectivity index (χ4v) is 3.46. The van der Waals surface area contributed by atoms with Crippen LogP contribution in [0, 0.1) is 6.92 Å². The summed E-state index contributed by atoms with van der Waals surface area (Å²) in [6.07, 6.45) is -2.85. The fraction of sp³-hybridized carbons (Fsp3) is 0.400. The Morgan fingerprint density at radius 1 is 1.17 bits per heavy atom. The molecule has 2 aliphatic rings. The van der Waals surface area contributed by atoms with Crippen molar-refractivity contribution in [2.24, 2.45) is 0 Å².